The molecule has 3 rings (SSSR count). The number of thiazole rings is 1. The first-order valence-corrected chi connectivity index (χ1v) is 12.7. The third kappa shape index (κ3) is 5.83. The molecule has 0 N–H and O–H groups in total. The molecule has 0 bridgehead atoms. The predicted octanol–water partition coefficient (Wildman–Crippen LogP) is 4.64. The maximum atomic E-state index is 13.6. The van der Waals surface area contributed by atoms with E-state index in [1.807, 2.05) is 0 Å². The summed E-state index contributed by atoms with van der Waals surface area (Å²) in [5.74, 6) is -0.623. The highest BCUT2D eigenvalue weighted by Crippen LogP contribution is 2.30. The number of likely N-dealkylation sites (N-methyl/N-ethyl adjacent to an activating group) is 1. The smallest absolute Gasteiger partial charge is 0.260 e. The SMILES string of the molecule is CCN(CC)CCN(C(=O)c1ccc(S(=O)(=O)CC)cc1)c1nc2ccc(F)cc2s1.Cl. The van der Waals surface area contributed by atoms with Crippen LogP contribution in [0.25, 0.3) is 10.2 Å². The summed E-state index contributed by atoms with van der Waals surface area (Å²) in [7, 11) is -3.34. The molecule has 0 saturated heterocycles. The molecular weight excluding hydrogens is 473 g/mol. The van der Waals surface area contributed by atoms with Crippen LogP contribution in [0.2, 0.25) is 0 Å². The summed E-state index contributed by atoms with van der Waals surface area (Å²) in [5, 5.41) is 0.489. The Kier molecular flexibility index (Phi) is 9.15. The van der Waals surface area contributed by atoms with Crippen LogP contribution in [0.3, 0.4) is 0 Å². The van der Waals surface area contributed by atoms with Crippen LogP contribution in [-0.2, 0) is 9.84 Å². The summed E-state index contributed by atoms with van der Waals surface area (Å²) in [5.41, 5.74) is 1.01. The van der Waals surface area contributed by atoms with Crippen molar-refractivity contribution in [1.29, 1.82) is 0 Å². The maximum Gasteiger partial charge on any atom is 0.260 e. The van der Waals surface area contributed by atoms with Crippen molar-refractivity contribution >= 4 is 54.8 Å². The lowest BCUT2D eigenvalue weighted by Gasteiger charge is -2.24. The van der Waals surface area contributed by atoms with Gasteiger partial charge in [0.1, 0.15) is 5.82 Å². The molecule has 10 heteroatoms. The molecule has 2 aromatic carbocycles. The molecule has 0 aliphatic carbocycles. The highest BCUT2D eigenvalue weighted by Gasteiger charge is 2.23. The molecule has 0 spiro atoms. The van der Waals surface area contributed by atoms with E-state index in [0.29, 0.717) is 34.0 Å². The zero-order chi connectivity index (χ0) is 22.6. The lowest BCUT2D eigenvalue weighted by molar-refractivity contribution is 0.0983. The van der Waals surface area contributed by atoms with Crippen molar-refractivity contribution in [1.82, 2.24) is 9.88 Å². The molecule has 1 aromatic heterocycles. The molecule has 174 valence electrons. The Morgan fingerprint density at radius 1 is 1.03 bits per heavy atom. The van der Waals surface area contributed by atoms with Gasteiger partial charge >= 0.3 is 0 Å². The number of sulfone groups is 1. The Morgan fingerprint density at radius 2 is 1.69 bits per heavy atom. The van der Waals surface area contributed by atoms with Gasteiger partial charge in [0.25, 0.3) is 5.91 Å². The molecule has 32 heavy (non-hydrogen) atoms. The second-order valence-corrected chi connectivity index (χ2v) is 10.3. The summed E-state index contributed by atoms with van der Waals surface area (Å²) in [6.07, 6.45) is 0. The second kappa shape index (κ2) is 11.2. The fourth-order valence-electron chi connectivity index (χ4n) is 3.19. The van der Waals surface area contributed by atoms with E-state index < -0.39 is 9.84 Å². The fourth-order valence-corrected chi connectivity index (χ4v) is 5.09. The summed E-state index contributed by atoms with van der Waals surface area (Å²) >= 11 is 1.26. The summed E-state index contributed by atoms with van der Waals surface area (Å²) in [4.78, 5) is 21.9. The molecular formula is C22H27ClFN3O3S2. The Balaban J connectivity index is 0.00000363. The van der Waals surface area contributed by atoms with Crippen molar-refractivity contribution in [2.75, 3.05) is 36.8 Å². The Bertz CT molecular complexity index is 1160. The monoisotopic (exact) mass is 499 g/mol. The average Bonchev–Trinajstić information content (AvgIpc) is 3.19. The number of hydrogen-bond donors (Lipinski definition) is 0. The third-order valence-corrected chi connectivity index (χ3v) is 7.98. The van der Waals surface area contributed by atoms with Gasteiger partial charge in [-0.2, -0.15) is 0 Å². The molecule has 3 aromatic rings. The minimum absolute atomic E-state index is 0. The summed E-state index contributed by atoms with van der Waals surface area (Å²) in [6.45, 7) is 8.48. The van der Waals surface area contributed by atoms with Crippen LogP contribution in [0.5, 0.6) is 0 Å². The number of amides is 1. The number of carbonyl (C=O) groups excluding carboxylic acids is 1. The van der Waals surface area contributed by atoms with Gasteiger partial charge in [0.05, 0.1) is 20.9 Å². The van der Waals surface area contributed by atoms with Crippen molar-refractivity contribution < 1.29 is 17.6 Å². The van der Waals surface area contributed by atoms with E-state index in [1.54, 1.807) is 17.9 Å². The van der Waals surface area contributed by atoms with E-state index >= 15 is 0 Å². The number of aromatic nitrogens is 1. The first kappa shape index (κ1) is 26.2. The zero-order valence-corrected chi connectivity index (χ0v) is 20.7. The van der Waals surface area contributed by atoms with Crippen molar-refractivity contribution in [2.45, 2.75) is 25.7 Å². The number of carbonyl (C=O) groups is 1. The quantitative estimate of drug-likeness (QED) is 0.429. The predicted molar refractivity (Wildman–Crippen MR) is 130 cm³/mol. The van der Waals surface area contributed by atoms with Crippen LogP contribution in [0.4, 0.5) is 9.52 Å². The van der Waals surface area contributed by atoms with E-state index in [-0.39, 0.29) is 34.8 Å². The topological polar surface area (TPSA) is 70.6 Å². The van der Waals surface area contributed by atoms with E-state index in [9.17, 15) is 17.6 Å². The van der Waals surface area contributed by atoms with Gasteiger partial charge in [-0.1, -0.05) is 32.1 Å². The maximum absolute atomic E-state index is 13.6. The Labute approximate surface area is 198 Å². The lowest BCUT2D eigenvalue weighted by Crippen LogP contribution is -2.38. The highest BCUT2D eigenvalue weighted by atomic mass is 35.5. The molecule has 1 amide bonds. The molecule has 0 saturated carbocycles. The zero-order valence-electron chi connectivity index (χ0n) is 18.2. The standard InChI is InChI=1S/C22H26FN3O3S2.ClH/c1-4-25(5-2)13-14-26(22-24-19-12-9-17(23)15-20(19)30-22)21(27)16-7-10-18(11-8-16)31(28,29)6-3;/h7-12,15H,4-6,13-14H2,1-3H3;1H. The first-order chi connectivity index (χ1) is 14.8. The van der Waals surface area contributed by atoms with Crippen LogP contribution < -0.4 is 4.90 Å². The molecule has 1 heterocycles. The van der Waals surface area contributed by atoms with Gasteiger partial charge in [0.15, 0.2) is 15.0 Å². The highest BCUT2D eigenvalue weighted by molar-refractivity contribution is 7.91. The Hall–Kier alpha value is -2.07. The summed E-state index contributed by atoms with van der Waals surface area (Å²) < 4.78 is 38.4. The van der Waals surface area contributed by atoms with Gasteiger partial charge in [-0.05, 0) is 55.6 Å². The van der Waals surface area contributed by atoms with Crippen LogP contribution >= 0.6 is 23.7 Å². The van der Waals surface area contributed by atoms with Gasteiger partial charge in [0.2, 0.25) is 0 Å². The molecule has 0 aliphatic rings. The van der Waals surface area contributed by atoms with E-state index in [4.69, 9.17) is 0 Å². The number of nitrogens with zero attached hydrogens (tertiary/aromatic N) is 3. The molecule has 0 unspecified atom stereocenters. The van der Waals surface area contributed by atoms with Crippen LogP contribution in [0.15, 0.2) is 47.4 Å². The van der Waals surface area contributed by atoms with Crippen LogP contribution in [0, 0.1) is 5.82 Å². The third-order valence-electron chi connectivity index (χ3n) is 5.19. The van der Waals surface area contributed by atoms with Gasteiger partial charge < -0.3 is 4.90 Å². The van der Waals surface area contributed by atoms with E-state index in [2.05, 4.69) is 23.7 Å². The second-order valence-electron chi connectivity index (χ2n) is 7.02. The minimum atomic E-state index is -3.34. The van der Waals surface area contributed by atoms with E-state index in [1.165, 1.54) is 47.7 Å². The molecule has 0 radical (unpaired) electrons. The fraction of sp³-hybridized carbons (Fsp3) is 0.364. The van der Waals surface area contributed by atoms with E-state index in [0.717, 1.165) is 13.1 Å². The number of fused-ring (bicyclic) bond motifs is 1. The average molecular weight is 500 g/mol. The van der Waals surface area contributed by atoms with Crippen molar-refractivity contribution in [3.63, 3.8) is 0 Å². The van der Waals surface area contributed by atoms with Crippen LogP contribution in [-0.4, -0.2) is 56.1 Å². The lowest BCUT2D eigenvalue weighted by atomic mass is 10.2. The molecule has 0 fully saturated rings. The number of rotatable bonds is 9. The van der Waals surface area contributed by atoms with Crippen LogP contribution in [0.1, 0.15) is 31.1 Å². The van der Waals surface area contributed by atoms with Crippen molar-refractivity contribution in [3.8, 4) is 0 Å². The Morgan fingerprint density at radius 3 is 2.28 bits per heavy atom. The molecule has 0 aliphatic heterocycles. The number of anilines is 1. The van der Waals surface area contributed by atoms with Gasteiger partial charge in [-0.25, -0.2) is 17.8 Å². The number of hydrogen-bond acceptors (Lipinski definition) is 6. The minimum Gasteiger partial charge on any atom is -0.302 e. The molecule has 6 nitrogen and oxygen atoms in total. The first-order valence-electron chi connectivity index (χ1n) is 10.2. The number of benzene rings is 2. The van der Waals surface area contributed by atoms with Gasteiger partial charge in [-0.3, -0.25) is 9.69 Å². The molecule has 0 atom stereocenters. The van der Waals surface area contributed by atoms with Crippen molar-refractivity contribution in [3.05, 3.63) is 53.8 Å². The van der Waals surface area contributed by atoms with Crippen molar-refractivity contribution in [2.24, 2.45) is 0 Å². The largest absolute Gasteiger partial charge is 0.302 e. The normalized spacial score (nSPS) is 11.5. The summed E-state index contributed by atoms with van der Waals surface area (Å²) in [6, 6.07) is 10.3. The van der Waals surface area contributed by atoms with Gasteiger partial charge in [0, 0.05) is 18.7 Å². The number of halogens is 2. The van der Waals surface area contributed by atoms with Gasteiger partial charge in [-0.15, -0.1) is 12.4 Å².